The first-order chi connectivity index (χ1) is 11.3. The number of thiophene rings is 1. The number of benzene rings is 1. The third-order valence-corrected chi connectivity index (χ3v) is 6.13. The summed E-state index contributed by atoms with van der Waals surface area (Å²) in [7, 11) is -6.03. The zero-order valence-electron chi connectivity index (χ0n) is 13.8. The van der Waals surface area contributed by atoms with Crippen LogP contribution in [-0.2, 0) is 20.6 Å². The van der Waals surface area contributed by atoms with Crippen molar-refractivity contribution in [1.82, 2.24) is 0 Å². The van der Waals surface area contributed by atoms with Gasteiger partial charge < -0.3 is 4.43 Å². The minimum Gasteiger partial charge on any atom is -0.406 e. The second-order valence-electron chi connectivity index (χ2n) is 6.46. The average molecular weight is 410 g/mol. The molecule has 1 unspecified atom stereocenters. The van der Waals surface area contributed by atoms with Gasteiger partial charge in [-0.15, -0.1) is 11.3 Å². The van der Waals surface area contributed by atoms with Crippen molar-refractivity contribution in [3.8, 4) is 0 Å². The number of primary sulfonamides is 1. The summed E-state index contributed by atoms with van der Waals surface area (Å²) >= 11 is 1.09. The van der Waals surface area contributed by atoms with E-state index in [0.29, 0.717) is 10.4 Å². The maximum atomic E-state index is 13.0. The summed E-state index contributed by atoms with van der Waals surface area (Å²) in [5.41, 5.74) is -0.461. The van der Waals surface area contributed by atoms with E-state index in [1.54, 1.807) is 0 Å². The Morgan fingerprint density at radius 1 is 1.20 bits per heavy atom. The molecule has 0 spiro atoms. The van der Waals surface area contributed by atoms with E-state index < -0.39 is 36.2 Å². The van der Waals surface area contributed by atoms with Gasteiger partial charge in [-0.3, -0.25) is 0 Å². The van der Waals surface area contributed by atoms with Gasteiger partial charge in [0.2, 0.25) is 10.0 Å². The van der Waals surface area contributed by atoms with E-state index >= 15 is 0 Å². The normalized spacial score (nSPS) is 14.5. The Morgan fingerprint density at radius 2 is 1.84 bits per heavy atom. The summed E-state index contributed by atoms with van der Waals surface area (Å²) in [4.78, 5) is 0.412. The van der Waals surface area contributed by atoms with Crippen molar-refractivity contribution in [2.75, 3.05) is 0 Å². The van der Waals surface area contributed by atoms with Crippen LogP contribution in [0.15, 0.2) is 40.6 Å². The molecule has 2 rings (SSSR count). The fraction of sp³-hybridized carbons (Fsp3) is 0.333. The molecule has 0 saturated carbocycles. The van der Waals surface area contributed by atoms with Crippen LogP contribution in [0.25, 0.3) is 0 Å². The van der Waals surface area contributed by atoms with E-state index in [0.717, 1.165) is 23.5 Å². The summed E-state index contributed by atoms with van der Waals surface area (Å²) in [6.45, 7) is 5.71. The lowest BCUT2D eigenvalue weighted by molar-refractivity contribution is -0.137. The zero-order valence-corrected chi connectivity index (χ0v) is 16.4. The number of hydrogen-bond acceptors (Lipinski definition) is 4. The van der Waals surface area contributed by atoms with Gasteiger partial charge in [-0.1, -0.05) is 12.1 Å². The average Bonchev–Trinajstić information content (AvgIpc) is 2.92. The predicted molar refractivity (Wildman–Crippen MR) is 93.4 cm³/mol. The highest BCUT2D eigenvalue weighted by molar-refractivity contribution is 7.89. The van der Waals surface area contributed by atoms with E-state index in [9.17, 15) is 21.6 Å². The second kappa shape index (κ2) is 6.84. The molecule has 4 nitrogen and oxygen atoms in total. The van der Waals surface area contributed by atoms with E-state index in [2.05, 4.69) is 0 Å². The molecule has 0 amide bonds. The fourth-order valence-corrected chi connectivity index (χ4v) is 5.07. The Bertz CT molecular complexity index is 857. The van der Waals surface area contributed by atoms with E-state index in [4.69, 9.17) is 9.56 Å². The van der Waals surface area contributed by atoms with Crippen LogP contribution in [-0.4, -0.2) is 16.7 Å². The molecule has 138 valence electrons. The predicted octanol–water partition coefficient (Wildman–Crippen LogP) is 4.36. The zero-order chi connectivity index (χ0) is 19.0. The standard InChI is InChI=1S/C15H18F3NO3S2Si/c1-25(2,3)22-14(13-8-12(9-23-13)24(19,20)21)10-5-4-6-11(7-10)15(16,17)18/h4-9,14H,1-3H3,(H2,19,20,21). The molecule has 0 fully saturated rings. The van der Waals surface area contributed by atoms with Gasteiger partial charge >= 0.3 is 6.18 Å². The van der Waals surface area contributed by atoms with Gasteiger partial charge in [0.05, 0.1) is 10.5 Å². The summed E-state index contributed by atoms with van der Waals surface area (Å²) in [5.74, 6) is 0. The molecule has 1 aromatic heterocycles. The lowest BCUT2D eigenvalue weighted by Gasteiger charge is -2.26. The van der Waals surface area contributed by atoms with Gasteiger partial charge in [-0.05, 0) is 43.4 Å². The molecule has 1 atom stereocenters. The first-order valence-corrected chi connectivity index (χ1v) is 13.1. The van der Waals surface area contributed by atoms with E-state index in [1.807, 2.05) is 19.6 Å². The Labute approximate surface area is 149 Å². The van der Waals surface area contributed by atoms with Crippen molar-refractivity contribution >= 4 is 29.7 Å². The van der Waals surface area contributed by atoms with Crippen LogP contribution < -0.4 is 5.14 Å². The molecule has 0 radical (unpaired) electrons. The topological polar surface area (TPSA) is 69.4 Å². The van der Waals surface area contributed by atoms with Crippen LogP contribution in [0.1, 0.15) is 22.1 Å². The van der Waals surface area contributed by atoms with Gasteiger partial charge in [-0.25, -0.2) is 13.6 Å². The van der Waals surface area contributed by atoms with Gasteiger partial charge in [0.15, 0.2) is 8.32 Å². The lowest BCUT2D eigenvalue weighted by atomic mass is 10.0. The fourth-order valence-electron chi connectivity index (χ4n) is 2.14. The third kappa shape index (κ3) is 5.38. The van der Waals surface area contributed by atoms with Gasteiger partial charge in [0, 0.05) is 10.3 Å². The molecular weight excluding hydrogens is 391 g/mol. The molecule has 0 aliphatic heterocycles. The van der Waals surface area contributed by atoms with E-state index in [-0.39, 0.29) is 4.90 Å². The lowest BCUT2D eigenvalue weighted by Crippen LogP contribution is -2.28. The summed E-state index contributed by atoms with van der Waals surface area (Å²) in [6, 6.07) is 6.22. The summed E-state index contributed by atoms with van der Waals surface area (Å²) < 4.78 is 68.0. The molecule has 2 N–H and O–H groups in total. The molecule has 2 aromatic rings. The maximum absolute atomic E-state index is 13.0. The first-order valence-electron chi connectivity index (χ1n) is 7.23. The minimum absolute atomic E-state index is 0.0800. The van der Waals surface area contributed by atoms with Crippen molar-refractivity contribution in [2.45, 2.75) is 36.8 Å². The van der Waals surface area contributed by atoms with Crippen molar-refractivity contribution in [1.29, 1.82) is 0 Å². The number of halogens is 3. The molecule has 25 heavy (non-hydrogen) atoms. The molecular formula is C15H18F3NO3S2Si. The highest BCUT2D eigenvalue weighted by atomic mass is 32.2. The van der Waals surface area contributed by atoms with Crippen molar-refractivity contribution in [2.24, 2.45) is 5.14 Å². The monoisotopic (exact) mass is 409 g/mol. The van der Waals surface area contributed by atoms with Crippen LogP contribution in [0.3, 0.4) is 0 Å². The molecule has 1 heterocycles. The van der Waals surface area contributed by atoms with Crippen LogP contribution in [0.2, 0.25) is 19.6 Å². The van der Waals surface area contributed by atoms with Gasteiger partial charge in [0.1, 0.15) is 6.10 Å². The van der Waals surface area contributed by atoms with Crippen LogP contribution >= 0.6 is 11.3 Å². The smallest absolute Gasteiger partial charge is 0.406 e. The van der Waals surface area contributed by atoms with Gasteiger partial charge in [-0.2, -0.15) is 13.2 Å². The first kappa shape index (κ1) is 20.1. The minimum atomic E-state index is -4.47. The molecule has 0 saturated heterocycles. The Balaban J connectivity index is 2.52. The number of nitrogens with two attached hydrogens (primary N) is 1. The molecule has 0 bridgehead atoms. The van der Waals surface area contributed by atoms with E-state index in [1.165, 1.54) is 23.6 Å². The third-order valence-electron chi connectivity index (χ3n) is 3.17. The molecule has 10 heteroatoms. The number of alkyl halides is 3. The number of hydrogen-bond donors (Lipinski definition) is 1. The van der Waals surface area contributed by atoms with Crippen LogP contribution in [0.5, 0.6) is 0 Å². The second-order valence-corrected chi connectivity index (χ2v) is 13.4. The summed E-state index contributed by atoms with van der Waals surface area (Å²) in [6.07, 6.45) is -5.25. The Kier molecular flexibility index (Phi) is 5.50. The highest BCUT2D eigenvalue weighted by Gasteiger charge is 2.32. The number of rotatable bonds is 5. The molecule has 0 aliphatic rings. The van der Waals surface area contributed by atoms with Gasteiger partial charge in [0.25, 0.3) is 0 Å². The van der Waals surface area contributed by atoms with Crippen molar-refractivity contribution in [3.63, 3.8) is 0 Å². The Hall–Kier alpha value is -1.20. The maximum Gasteiger partial charge on any atom is 0.416 e. The quantitative estimate of drug-likeness (QED) is 0.746. The van der Waals surface area contributed by atoms with Crippen molar-refractivity contribution in [3.05, 3.63) is 51.7 Å². The van der Waals surface area contributed by atoms with Crippen LogP contribution in [0.4, 0.5) is 13.2 Å². The molecule has 1 aromatic carbocycles. The Morgan fingerprint density at radius 3 is 2.32 bits per heavy atom. The SMILES string of the molecule is C[Si](C)(C)OC(c1cccc(C(F)(F)F)c1)c1cc(S(N)(=O)=O)cs1. The summed E-state index contributed by atoms with van der Waals surface area (Å²) in [5, 5.41) is 6.48. The largest absolute Gasteiger partial charge is 0.416 e. The highest BCUT2D eigenvalue weighted by Crippen LogP contribution is 2.37. The number of sulfonamides is 1. The van der Waals surface area contributed by atoms with Crippen molar-refractivity contribution < 1.29 is 26.0 Å². The molecule has 0 aliphatic carbocycles. The van der Waals surface area contributed by atoms with Crippen LogP contribution in [0, 0.1) is 0 Å².